The van der Waals surface area contributed by atoms with Crippen LogP contribution >= 0.6 is 15.9 Å². The highest BCUT2D eigenvalue weighted by molar-refractivity contribution is 9.10. The maximum atomic E-state index is 13.1. The predicted octanol–water partition coefficient (Wildman–Crippen LogP) is 3.02. The van der Waals surface area contributed by atoms with Crippen molar-refractivity contribution in [3.63, 3.8) is 0 Å². The van der Waals surface area contributed by atoms with Crippen LogP contribution < -0.4 is 5.73 Å². The molecule has 0 radical (unpaired) electrons. The van der Waals surface area contributed by atoms with E-state index in [1.54, 1.807) is 0 Å². The Morgan fingerprint density at radius 1 is 1.43 bits per heavy atom. The van der Waals surface area contributed by atoms with Gasteiger partial charge in [0, 0.05) is 4.47 Å². The molecule has 0 aliphatic carbocycles. The number of carbonyl (C=O) groups excluding carboxylic acids is 1. The zero-order valence-corrected chi connectivity index (χ0v) is 12.2. The van der Waals surface area contributed by atoms with Crippen LogP contribution in [0.25, 0.3) is 5.69 Å². The number of esters is 1. The van der Waals surface area contributed by atoms with E-state index < -0.39 is 17.7 Å². The number of aromatic nitrogens is 2. The lowest BCUT2D eigenvalue weighted by Gasteiger charge is -2.13. The number of ether oxygens (including phenoxy) is 1. The van der Waals surface area contributed by atoms with Gasteiger partial charge in [-0.25, -0.2) is 9.48 Å². The van der Waals surface area contributed by atoms with Gasteiger partial charge in [-0.1, -0.05) is 15.9 Å². The summed E-state index contributed by atoms with van der Waals surface area (Å²) < 4.78 is 44.8. The number of hydrogen-bond acceptors (Lipinski definition) is 4. The Hall–Kier alpha value is -2.03. The molecule has 112 valence electrons. The zero-order chi connectivity index (χ0) is 15.8. The van der Waals surface area contributed by atoms with Gasteiger partial charge in [-0.2, -0.15) is 18.3 Å². The quantitative estimate of drug-likeness (QED) is 0.832. The Bertz CT molecular complexity index is 698. The molecule has 1 heterocycles. The number of benzene rings is 1. The largest absolute Gasteiger partial charge is 0.464 e. The van der Waals surface area contributed by atoms with E-state index in [0.717, 1.165) is 24.1 Å². The Kier molecular flexibility index (Phi) is 3.95. The number of methoxy groups -OCH3 is 1. The highest BCUT2D eigenvalue weighted by Crippen LogP contribution is 2.35. The molecule has 21 heavy (non-hydrogen) atoms. The molecular formula is C12H9BrF3N3O2. The minimum Gasteiger partial charge on any atom is -0.464 e. The molecule has 1 aromatic heterocycles. The third-order valence-corrected chi connectivity index (χ3v) is 3.13. The molecule has 0 amide bonds. The smallest absolute Gasteiger partial charge is 0.418 e. The first-order chi connectivity index (χ1) is 9.74. The summed E-state index contributed by atoms with van der Waals surface area (Å²) in [6.45, 7) is 0. The van der Waals surface area contributed by atoms with Crippen molar-refractivity contribution in [2.45, 2.75) is 6.18 Å². The minimum absolute atomic E-state index is 0.0714. The van der Waals surface area contributed by atoms with Crippen LogP contribution in [0, 0.1) is 0 Å². The summed E-state index contributed by atoms with van der Waals surface area (Å²) in [5.74, 6) is -0.822. The second kappa shape index (κ2) is 5.40. The molecule has 2 rings (SSSR count). The third kappa shape index (κ3) is 3.02. The van der Waals surface area contributed by atoms with Crippen LogP contribution in [0.1, 0.15) is 16.1 Å². The van der Waals surface area contributed by atoms with Gasteiger partial charge in [0.05, 0.1) is 30.2 Å². The molecular weight excluding hydrogens is 355 g/mol. The molecule has 0 fully saturated rings. The number of nitrogen functional groups attached to an aromatic ring is 1. The summed E-state index contributed by atoms with van der Waals surface area (Å²) in [5, 5.41) is 3.76. The Balaban J connectivity index is 2.60. The summed E-state index contributed by atoms with van der Waals surface area (Å²) in [6.07, 6.45) is -3.45. The number of nitrogens with two attached hydrogens (primary N) is 1. The summed E-state index contributed by atoms with van der Waals surface area (Å²) in [5.41, 5.74) is 4.11. The van der Waals surface area contributed by atoms with E-state index in [4.69, 9.17) is 5.73 Å². The summed E-state index contributed by atoms with van der Waals surface area (Å²) in [7, 11) is 1.13. The van der Waals surface area contributed by atoms with Gasteiger partial charge in [0.2, 0.25) is 0 Å². The van der Waals surface area contributed by atoms with Gasteiger partial charge in [0.25, 0.3) is 0 Å². The Morgan fingerprint density at radius 2 is 2.10 bits per heavy atom. The molecule has 0 aliphatic rings. The molecule has 1 aromatic carbocycles. The second-order valence-corrected chi connectivity index (χ2v) is 4.94. The van der Waals surface area contributed by atoms with Gasteiger partial charge in [-0.05, 0) is 18.2 Å². The Morgan fingerprint density at radius 3 is 2.67 bits per heavy atom. The van der Waals surface area contributed by atoms with Crippen molar-refractivity contribution < 1.29 is 22.7 Å². The van der Waals surface area contributed by atoms with Crippen molar-refractivity contribution in [3.05, 3.63) is 40.1 Å². The lowest BCUT2D eigenvalue weighted by Crippen LogP contribution is -2.12. The highest BCUT2D eigenvalue weighted by Gasteiger charge is 2.34. The SMILES string of the molecule is COC(=O)c1nn(-c2ccc(Br)cc2C(F)(F)F)cc1N. The van der Waals surface area contributed by atoms with Crippen molar-refractivity contribution in [2.75, 3.05) is 12.8 Å². The lowest BCUT2D eigenvalue weighted by molar-refractivity contribution is -0.137. The first kappa shape index (κ1) is 15.4. The highest BCUT2D eigenvalue weighted by atomic mass is 79.9. The molecule has 2 N–H and O–H groups in total. The molecule has 0 aliphatic heterocycles. The molecule has 0 spiro atoms. The van der Waals surface area contributed by atoms with E-state index in [1.807, 2.05) is 0 Å². The molecule has 0 atom stereocenters. The molecule has 2 aromatic rings. The van der Waals surface area contributed by atoms with Gasteiger partial charge >= 0.3 is 12.1 Å². The van der Waals surface area contributed by atoms with Gasteiger partial charge < -0.3 is 10.5 Å². The van der Waals surface area contributed by atoms with Crippen LogP contribution in [0.15, 0.2) is 28.9 Å². The average molecular weight is 364 g/mol. The zero-order valence-electron chi connectivity index (χ0n) is 10.6. The third-order valence-electron chi connectivity index (χ3n) is 2.63. The van der Waals surface area contributed by atoms with Crippen LogP contribution in [0.5, 0.6) is 0 Å². The first-order valence-corrected chi connectivity index (χ1v) is 6.34. The van der Waals surface area contributed by atoms with E-state index in [2.05, 4.69) is 25.8 Å². The van der Waals surface area contributed by atoms with Crippen LogP contribution in [-0.2, 0) is 10.9 Å². The lowest BCUT2D eigenvalue weighted by atomic mass is 10.1. The summed E-state index contributed by atoms with van der Waals surface area (Å²) in [6, 6.07) is 3.58. The monoisotopic (exact) mass is 363 g/mol. The minimum atomic E-state index is -4.58. The predicted molar refractivity (Wildman–Crippen MR) is 72.0 cm³/mol. The fraction of sp³-hybridized carbons (Fsp3) is 0.167. The van der Waals surface area contributed by atoms with E-state index in [0.29, 0.717) is 0 Å². The fourth-order valence-electron chi connectivity index (χ4n) is 1.70. The molecule has 0 bridgehead atoms. The van der Waals surface area contributed by atoms with Crippen molar-refractivity contribution in [3.8, 4) is 5.69 Å². The summed E-state index contributed by atoms with van der Waals surface area (Å²) in [4.78, 5) is 11.4. The van der Waals surface area contributed by atoms with Gasteiger partial charge in [-0.3, -0.25) is 0 Å². The van der Waals surface area contributed by atoms with Crippen LogP contribution in [0.2, 0.25) is 0 Å². The van der Waals surface area contributed by atoms with Crippen molar-refractivity contribution in [1.29, 1.82) is 0 Å². The van der Waals surface area contributed by atoms with Gasteiger partial charge in [0.1, 0.15) is 0 Å². The standard InChI is InChI=1S/C12H9BrF3N3O2/c1-21-11(20)10-8(17)5-19(18-10)9-3-2-6(13)4-7(9)12(14,15)16/h2-5H,17H2,1H3. The number of carbonyl (C=O) groups is 1. The fourth-order valence-corrected chi connectivity index (χ4v) is 2.06. The topological polar surface area (TPSA) is 70.1 Å². The van der Waals surface area contributed by atoms with E-state index in [-0.39, 0.29) is 21.5 Å². The van der Waals surface area contributed by atoms with E-state index in [1.165, 1.54) is 12.1 Å². The van der Waals surface area contributed by atoms with Gasteiger partial charge in [0.15, 0.2) is 5.69 Å². The maximum absolute atomic E-state index is 13.1. The van der Waals surface area contributed by atoms with Crippen LogP contribution in [0.3, 0.4) is 0 Å². The molecule has 9 heteroatoms. The molecule has 5 nitrogen and oxygen atoms in total. The van der Waals surface area contributed by atoms with Gasteiger partial charge in [-0.15, -0.1) is 0 Å². The number of alkyl halides is 3. The second-order valence-electron chi connectivity index (χ2n) is 4.03. The Labute approximate surface area is 125 Å². The number of rotatable bonds is 2. The number of anilines is 1. The van der Waals surface area contributed by atoms with Crippen LogP contribution in [0.4, 0.5) is 18.9 Å². The summed E-state index contributed by atoms with van der Waals surface area (Å²) >= 11 is 2.99. The molecule has 0 saturated carbocycles. The van der Waals surface area contributed by atoms with Crippen molar-refractivity contribution >= 4 is 27.6 Å². The van der Waals surface area contributed by atoms with Crippen molar-refractivity contribution in [2.24, 2.45) is 0 Å². The van der Waals surface area contributed by atoms with Crippen LogP contribution in [-0.4, -0.2) is 22.9 Å². The number of nitrogens with zero attached hydrogens (tertiary/aromatic N) is 2. The number of hydrogen-bond donors (Lipinski definition) is 1. The first-order valence-electron chi connectivity index (χ1n) is 5.54. The normalized spacial score (nSPS) is 11.5. The molecule has 0 saturated heterocycles. The van der Waals surface area contributed by atoms with E-state index >= 15 is 0 Å². The number of halogens is 4. The maximum Gasteiger partial charge on any atom is 0.418 e. The van der Waals surface area contributed by atoms with E-state index in [9.17, 15) is 18.0 Å². The van der Waals surface area contributed by atoms with Crippen molar-refractivity contribution in [1.82, 2.24) is 9.78 Å². The average Bonchev–Trinajstić information content (AvgIpc) is 2.78. The molecule has 0 unspecified atom stereocenters.